The average Bonchev–Trinajstić information content (AvgIpc) is 3.20. The highest BCUT2D eigenvalue weighted by Crippen LogP contribution is 2.32. The number of phenols is 1. The predicted octanol–water partition coefficient (Wildman–Crippen LogP) is 4.35. The zero-order valence-corrected chi connectivity index (χ0v) is 22.3. The van der Waals surface area contributed by atoms with Crippen LogP contribution in [-0.4, -0.2) is 22.7 Å². The molecule has 2 N–H and O–H groups in total. The van der Waals surface area contributed by atoms with Gasteiger partial charge in [0.1, 0.15) is 11.5 Å². The number of fused-ring (bicyclic) bond motifs is 1. The lowest BCUT2D eigenvalue weighted by Gasteiger charge is -2.25. The number of methoxy groups -OCH3 is 1. The fourth-order valence-corrected chi connectivity index (χ4v) is 5.67. The number of aromatic nitrogens is 1. The molecule has 0 bridgehead atoms. The van der Waals surface area contributed by atoms with Crippen LogP contribution in [0.1, 0.15) is 24.1 Å². The van der Waals surface area contributed by atoms with E-state index >= 15 is 0 Å². The zero-order valence-electron chi connectivity index (χ0n) is 19.9. The fraction of sp³-hybridized carbons (Fsp3) is 0.107. The monoisotopic (exact) mass is 575 g/mol. The molecule has 5 rings (SSSR count). The van der Waals surface area contributed by atoms with Crippen LogP contribution in [0.25, 0.3) is 6.08 Å². The van der Waals surface area contributed by atoms with E-state index in [1.165, 1.54) is 11.3 Å². The van der Waals surface area contributed by atoms with Gasteiger partial charge in [0, 0.05) is 5.69 Å². The third-order valence-electron chi connectivity index (χ3n) is 5.98. The lowest BCUT2D eigenvalue weighted by molar-refractivity contribution is -0.113. The molecule has 0 fully saturated rings. The van der Waals surface area contributed by atoms with Crippen molar-refractivity contribution in [3.8, 4) is 11.5 Å². The smallest absolute Gasteiger partial charge is 0.271 e. The Bertz CT molecular complexity index is 1720. The van der Waals surface area contributed by atoms with Crippen molar-refractivity contribution >= 4 is 44.9 Å². The first kappa shape index (κ1) is 24.7. The van der Waals surface area contributed by atoms with E-state index in [-0.39, 0.29) is 17.2 Å². The van der Waals surface area contributed by atoms with Crippen LogP contribution in [0.4, 0.5) is 5.69 Å². The summed E-state index contributed by atoms with van der Waals surface area (Å²) >= 11 is 4.57. The maximum absolute atomic E-state index is 13.8. The van der Waals surface area contributed by atoms with Gasteiger partial charge in [0.15, 0.2) is 4.80 Å². The number of nitrogens with one attached hydrogen (secondary N) is 1. The van der Waals surface area contributed by atoms with E-state index in [4.69, 9.17) is 4.74 Å². The number of thiazole rings is 1. The van der Waals surface area contributed by atoms with E-state index in [1.807, 2.05) is 42.5 Å². The first-order valence-electron chi connectivity index (χ1n) is 11.4. The predicted molar refractivity (Wildman–Crippen MR) is 148 cm³/mol. The second-order valence-electron chi connectivity index (χ2n) is 8.39. The summed E-state index contributed by atoms with van der Waals surface area (Å²) in [5.41, 5.74) is 2.76. The number of aromatic hydroxyl groups is 1. The van der Waals surface area contributed by atoms with Crippen molar-refractivity contribution in [1.82, 2.24) is 4.57 Å². The zero-order chi connectivity index (χ0) is 26.1. The van der Waals surface area contributed by atoms with Gasteiger partial charge in [0.2, 0.25) is 0 Å². The number of allylic oxidation sites excluding steroid dienone is 1. The fourth-order valence-electron chi connectivity index (χ4n) is 4.22. The molecule has 0 spiro atoms. The summed E-state index contributed by atoms with van der Waals surface area (Å²) in [6.45, 7) is 1.78. The van der Waals surface area contributed by atoms with Crippen LogP contribution < -0.4 is 24.9 Å². The largest absolute Gasteiger partial charge is 0.507 e. The SMILES string of the molecule is COc1cccc([C@H]2C(C(=O)Nc3ccccc3)=C(C)N=c3s/c(=C/c4ccc(O)c(Br)c4)c(=O)n32)c1. The van der Waals surface area contributed by atoms with Crippen LogP contribution in [-0.2, 0) is 4.79 Å². The molecule has 37 heavy (non-hydrogen) atoms. The molecule has 1 aromatic heterocycles. The normalized spacial score (nSPS) is 15.2. The highest BCUT2D eigenvalue weighted by atomic mass is 79.9. The molecule has 186 valence electrons. The van der Waals surface area contributed by atoms with Gasteiger partial charge in [-0.1, -0.05) is 47.7 Å². The second kappa shape index (κ2) is 10.2. The Morgan fingerprint density at radius 1 is 1.14 bits per heavy atom. The number of halogens is 1. The third kappa shape index (κ3) is 4.87. The first-order valence-corrected chi connectivity index (χ1v) is 13.0. The molecule has 0 aliphatic carbocycles. The Kier molecular flexibility index (Phi) is 6.82. The minimum atomic E-state index is -0.705. The van der Waals surface area contributed by atoms with Gasteiger partial charge in [0.25, 0.3) is 11.5 Å². The van der Waals surface area contributed by atoms with Crippen molar-refractivity contribution in [3.63, 3.8) is 0 Å². The molecule has 9 heteroatoms. The van der Waals surface area contributed by atoms with Gasteiger partial charge in [-0.3, -0.25) is 14.2 Å². The number of carbonyl (C=O) groups is 1. The highest BCUT2D eigenvalue weighted by Gasteiger charge is 2.32. The quantitative estimate of drug-likeness (QED) is 0.370. The van der Waals surface area contributed by atoms with E-state index in [1.54, 1.807) is 55.0 Å². The number of phenolic OH excluding ortho intramolecular Hbond substituents is 1. The molecular weight excluding hydrogens is 554 g/mol. The lowest BCUT2D eigenvalue weighted by Crippen LogP contribution is -2.40. The molecule has 0 radical (unpaired) electrons. The molecule has 0 saturated heterocycles. The van der Waals surface area contributed by atoms with Crippen LogP contribution in [0.15, 0.2) is 98.3 Å². The van der Waals surface area contributed by atoms with Crippen molar-refractivity contribution in [2.75, 3.05) is 12.4 Å². The number of carbonyl (C=O) groups excluding carboxylic acids is 1. The Hall–Kier alpha value is -3.95. The maximum atomic E-state index is 13.8. The van der Waals surface area contributed by atoms with Crippen LogP contribution in [0.3, 0.4) is 0 Å². The summed E-state index contributed by atoms with van der Waals surface area (Å²) < 4.78 is 7.98. The number of anilines is 1. The molecule has 3 aromatic carbocycles. The summed E-state index contributed by atoms with van der Waals surface area (Å²) in [7, 11) is 1.57. The summed E-state index contributed by atoms with van der Waals surface area (Å²) in [6.07, 6.45) is 1.75. The number of nitrogens with zero attached hydrogens (tertiary/aromatic N) is 2. The van der Waals surface area contributed by atoms with Gasteiger partial charge in [-0.25, -0.2) is 4.99 Å². The molecule has 4 aromatic rings. The number of amides is 1. The summed E-state index contributed by atoms with van der Waals surface area (Å²) in [6, 6.07) is 20.8. The lowest BCUT2D eigenvalue weighted by atomic mass is 9.95. The molecular formula is C28H22BrN3O4S. The molecule has 0 unspecified atom stereocenters. The first-order chi connectivity index (χ1) is 17.9. The van der Waals surface area contributed by atoms with Crippen molar-refractivity contribution < 1.29 is 14.6 Å². The van der Waals surface area contributed by atoms with Gasteiger partial charge in [-0.15, -0.1) is 0 Å². The Morgan fingerprint density at radius 3 is 2.65 bits per heavy atom. The van der Waals surface area contributed by atoms with E-state index in [0.717, 1.165) is 11.1 Å². The van der Waals surface area contributed by atoms with Crippen LogP contribution in [0.5, 0.6) is 11.5 Å². The molecule has 1 aliphatic rings. The van der Waals surface area contributed by atoms with Crippen molar-refractivity contribution in [3.05, 3.63) is 119 Å². The number of ether oxygens (including phenoxy) is 1. The summed E-state index contributed by atoms with van der Waals surface area (Å²) in [5, 5.41) is 12.8. The molecule has 1 aliphatic heterocycles. The average molecular weight is 576 g/mol. The number of para-hydroxylation sites is 1. The maximum Gasteiger partial charge on any atom is 0.271 e. The number of hydrogen-bond donors (Lipinski definition) is 2. The number of hydrogen-bond acceptors (Lipinski definition) is 6. The number of benzene rings is 3. The van der Waals surface area contributed by atoms with Crippen molar-refractivity contribution in [1.29, 1.82) is 0 Å². The molecule has 1 amide bonds. The molecule has 7 nitrogen and oxygen atoms in total. The minimum absolute atomic E-state index is 0.112. The van der Waals surface area contributed by atoms with Crippen molar-refractivity contribution in [2.45, 2.75) is 13.0 Å². The Morgan fingerprint density at radius 2 is 1.92 bits per heavy atom. The topological polar surface area (TPSA) is 92.9 Å². The summed E-state index contributed by atoms with van der Waals surface area (Å²) in [5.74, 6) is 0.393. The van der Waals surface area contributed by atoms with Crippen molar-refractivity contribution in [2.24, 2.45) is 4.99 Å². The molecule has 1 atom stereocenters. The Labute approximate surface area is 224 Å². The molecule has 0 saturated carbocycles. The van der Waals surface area contributed by atoms with E-state index < -0.39 is 6.04 Å². The molecule has 2 heterocycles. The minimum Gasteiger partial charge on any atom is -0.507 e. The number of rotatable bonds is 5. The summed E-state index contributed by atoms with van der Waals surface area (Å²) in [4.78, 5) is 32.5. The van der Waals surface area contributed by atoms with Crippen LogP contribution in [0.2, 0.25) is 0 Å². The Balaban J connectivity index is 1.69. The standard InChI is InChI=1S/C28H22BrN3O4S/c1-16-24(26(34)31-19-8-4-3-5-9-19)25(18-7-6-10-20(15-18)36-2)32-27(35)23(37-28(32)30-16)14-17-11-12-22(33)21(29)13-17/h3-15,25,33H,1-2H3,(H,31,34)/b23-14+/t25-/m0/s1. The third-order valence-corrected chi connectivity index (χ3v) is 7.60. The van der Waals surface area contributed by atoms with Gasteiger partial charge in [-0.05, 0) is 76.5 Å². The van der Waals surface area contributed by atoms with E-state index in [9.17, 15) is 14.7 Å². The van der Waals surface area contributed by atoms with Crippen LogP contribution in [0, 0.1) is 0 Å². The van der Waals surface area contributed by atoms with E-state index in [2.05, 4.69) is 26.2 Å². The van der Waals surface area contributed by atoms with Gasteiger partial charge in [0.05, 0.1) is 33.4 Å². The van der Waals surface area contributed by atoms with Gasteiger partial charge in [-0.2, -0.15) is 0 Å². The van der Waals surface area contributed by atoms with Gasteiger partial charge >= 0.3 is 0 Å². The van der Waals surface area contributed by atoms with Gasteiger partial charge < -0.3 is 15.2 Å². The highest BCUT2D eigenvalue weighted by molar-refractivity contribution is 9.10. The van der Waals surface area contributed by atoms with Crippen LogP contribution >= 0.6 is 27.3 Å². The second-order valence-corrected chi connectivity index (χ2v) is 10.3. The van der Waals surface area contributed by atoms with E-state index in [0.29, 0.717) is 36.5 Å².